The highest BCUT2D eigenvalue weighted by atomic mass is 32.1. The third-order valence-electron chi connectivity index (χ3n) is 7.62. The number of aryl methyl sites for hydroxylation is 1. The van der Waals surface area contributed by atoms with Gasteiger partial charge in [0.2, 0.25) is 0 Å². The fourth-order valence-corrected chi connectivity index (χ4v) is 6.24. The Morgan fingerprint density at radius 2 is 1.62 bits per heavy atom. The summed E-state index contributed by atoms with van der Waals surface area (Å²) in [5.41, 5.74) is 6.80. The molecule has 5 nitrogen and oxygen atoms in total. The summed E-state index contributed by atoms with van der Waals surface area (Å²) < 4.78 is 8.55. The number of hydrogen-bond donors (Lipinski definition) is 1. The number of rotatable bonds is 6. The molecule has 37 heavy (non-hydrogen) atoms. The molecule has 0 unspecified atom stereocenters. The number of aromatic nitrogens is 2. The van der Waals surface area contributed by atoms with E-state index >= 15 is 0 Å². The standard InChI is InChI=1S/C31H32N4OS/c1-21-20-27(22(2)34(21)23-10-4-3-5-11-23)30-29(28-14-8-9-19-32-28)33-31(37)35(30)24-15-17-26(18-16-24)36-25-12-6-7-13-25/h3-5,8-11,14-20,25,29-30H,6-7,12-13H2,1-2H3,(H,33,37)/t29-,30+/m1/s1. The van der Waals surface area contributed by atoms with Gasteiger partial charge in [-0.15, -0.1) is 0 Å². The highest BCUT2D eigenvalue weighted by molar-refractivity contribution is 7.80. The Labute approximate surface area is 224 Å². The Kier molecular flexibility index (Phi) is 6.43. The minimum atomic E-state index is -0.0761. The molecule has 6 rings (SSSR count). The lowest BCUT2D eigenvalue weighted by atomic mass is 9.96. The van der Waals surface area contributed by atoms with E-state index in [1.54, 1.807) is 0 Å². The minimum Gasteiger partial charge on any atom is -0.490 e. The summed E-state index contributed by atoms with van der Waals surface area (Å²) in [5.74, 6) is 0.925. The van der Waals surface area contributed by atoms with Crippen LogP contribution < -0.4 is 15.0 Å². The van der Waals surface area contributed by atoms with Crippen molar-refractivity contribution in [1.29, 1.82) is 0 Å². The van der Waals surface area contributed by atoms with E-state index in [0.717, 1.165) is 35.7 Å². The van der Waals surface area contributed by atoms with Crippen molar-refractivity contribution in [1.82, 2.24) is 14.9 Å². The average molecular weight is 509 g/mol. The summed E-state index contributed by atoms with van der Waals surface area (Å²) in [5, 5.41) is 4.29. The van der Waals surface area contributed by atoms with E-state index in [4.69, 9.17) is 21.9 Å². The minimum absolute atomic E-state index is 0.0485. The lowest BCUT2D eigenvalue weighted by molar-refractivity contribution is 0.210. The fourth-order valence-electron chi connectivity index (χ4n) is 5.89. The largest absolute Gasteiger partial charge is 0.490 e. The second-order valence-electron chi connectivity index (χ2n) is 10.0. The molecular formula is C31H32N4OS. The number of hydrogen-bond acceptors (Lipinski definition) is 3. The quantitative estimate of drug-likeness (QED) is 0.284. The van der Waals surface area contributed by atoms with Crippen LogP contribution >= 0.6 is 12.2 Å². The summed E-state index contributed by atoms with van der Waals surface area (Å²) in [6, 6.07) is 27.2. The van der Waals surface area contributed by atoms with Crippen molar-refractivity contribution in [3.63, 3.8) is 0 Å². The summed E-state index contributed by atoms with van der Waals surface area (Å²) in [6.07, 6.45) is 7.00. The van der Waals surface area contributed by atoms with E-state index < -0.39 is 0 Å². The van der Waals surface area contributed by atoms with Crippen LogP contribution in [0.5, 0.6) is 5.75 Å². The molecule has 0 radical (unpaired) electrons. The molecule has 2 aliphatic rings. The van der Waals surface area contributed by atoms with Gasteiger partial charge in [0, 0.05) is 29.0 Å². The highest BCUT2D eigenvalue weighted by Crippen LogP contribution is 2.44. The Balaban J connectivity index is 1.41. The first kappa shape index (κ1) is 23.7. The SMILES string of the molecule is Cc1cc([C@H]2[C@@H](c3ccccn3)NC(=S)N2c2ccc(OC3CCCC3)cc2)c(C)n1-c1ccccc1. The van der Waals surface area contributed by atoms with Crippen LogP contribution in [0.15, 0.2) is 85.1 Å². The van der Waals surface area contributed by atoms with Crippen LogP contribution in [-0.4, -0.2) is 20.8 Å². The van der Waals surface area contributed by atoms with Gasteiger partial charge in [-0.1, -0.05) is 24.3 Å². The van der Waals surface area contributed by atoms with Crippen LogP contribution in [0.1, 0.15) is 60.4 Å². The van der Waals surface area contributed by atoms with Crippen LogP contribution in [0.25, 0.3) is 5.69 Å². The second-order valence-corrected chi connectivity index (χ2v) is 10.4. The lowest BCUT2D eigenvalue weighted by Crippen LogP contribution is -2.29. The smallest absolute Gasteiger partial charge is 0.174 e. The third-order valence-corrected chi connectivity index (χ3v) is 7.94. The number of thiocarbonyl (C=S) groups is 1. The Hall–Kier alpha value is -3.64. The first-order valence-corrected chi connectivity index (χ1v) is 13.5. The zero-order valence-corrected chi connectivity index (χ0v) is 22.1. The monoisotopic (exact) mass is 508 g/mol. The fraction of sp³-hybridized carbons (Fsp3) is 0.290. The van der Waals surface area contributed by atoms with Crippen molar-refractivity contribution >= 4 is 23.0 Å². The van der Waals surface area contributed by atoms with Crippen molar-refractivity contribution in [3.8, 4) is 11.4 Å². The van der Waals surface area contributed by atoms with E-state index in [9.17, 15) is 0 Å². The van der Waals surface area contributed by atoms with Crippen LogP contribution in [-0.2, 0) is 0 Å². The Morgan fingerprint density at radius 1 is 0.892 bits per heavy atom. The maximum atomic E-state index is 6.23. The van der Waals surface area contributed by atoms with Gasteiger partial charge >= 0.3 is 0 Å². The normalized spacial score (nSPS) is 19.8. The molecule has 2 aromatic carbocycles. The number of ether oxygens (including phenoxy) is 1. The van der Waals surface area contributed by atoms with E-state index in [1.807, 2.05) is 18.3 Å². The van der Waals surface area contributed by atoms with Gasteiger partial charge in [-0.3, -0.25) is 4.98 Å². The molecule has 1 saturated carbocycles. The molecule has 2 fully saturated rings. The summed E-state index contributed by atoms with van der Waals surface area (Å²) in [4.78, 5) is 6.95. The molecule has 1 saturated heterocycles. The van der Waals surface area contributed by atoms with E-state index in [0.29, 0.717) is 11.2 Å². The zero-order chi connectivity index (χ0) is 25.4. The molecule has 0 bridgehead atoms. The van der Waals surface area contributed by atoms with Crippen molar-refractivity contribution in [2.24, 2.45) is 0 Å². The predicted molar refractivity (Wildman–Crippen MR) is 153 cm³/mol. The highest BCUT2D eigenvalue weighted by Gasteiger charge is 2.42. The van der Waals surface area contributed by atoms with Crippen molar-refractivity contribution in [2.75, 3.05) is 4.90 Å². The van der Waals surface area contributed by atoms with Gasteiger partial charge < -0.3 is 19.5 Å². The van der Waals surface area contributed by atoms with Crippen LogP contribution in [0.4, 0.5) is 5.69 Å². The van der Waals surface area contributed by atoms with Gasteiger partial charge in [-0.25, -0.2) is 0 Å². The van der Waals surface area contributed by atoms with Gasteiger partial charge in [-0.05, 0) is 112 Å². The third kappa shape index (κ3) is 4.51. The average Bonchev–Trinajstić information content (AvgIpc) is 3.63. The number of nitrogens with one attached hydrogen (secondary N) is 1. The van der Waals surface area contributed by atoms with Crippen molar-refractivity contribution in [2.45, 2.75) is 57.7 Å². The Morgan fingerprint density at radius 3 is 2.32 bits per heavy atom. The number of pyridine rings is 1. The molecule has 2 atom stereocenters. The van der Waals surface area contributed by atoms with Crippen LogP contribution in [0.3, 0.4) is 0 Å². The number of benzene rings is 2. The first-order chi connectivity index (χ1) is 18.1. The molecular weight excluding hydrogens is 476 g/mol. The summed E-state index contributed by atoms with van der Waals surface area (Å²) >= 11 is 5.95. The molecule has 1 aliphatic carbocycles. The van der Waals surface area contributed by atoms with Gasteiger partial charge in [0.1, 0.15) is 5.75 Å². The molecule has 0 amide bonds. The molecule has 4 aromatic rings. The van der Waals surface area contributed by atoms with Gasteiger partial charge in [0.05, 0.1) is 23.9 Å². The van der Waals surface area contributed by atoms with Crippen LogP contribution in [0.2, 0.25) is 0 Å². The maximum Gasteiger partial charge on any atom is 0.174 e. The van der Waals surface area contributed by atoms with Crippen LogP contribution in [0, 0.1) is 13.8 Å². The molecule has 6 heteroatoms. The predicted octanol–water partition coefficient (Wildman–Crippen LogP) is 6.99. The topological polar surface area (TPSA) is 42.3 Å². The Bertz CT molecular complexity index is 1380. The van der Waals surface area contributed by atoms with Gasteiger partial charge in [0.25, 0.3) is 0 Å². The van der Waals surface area contributed by atoms with Gasteiger partial charge in [-0.2, -0.15) is 0 Å². The lowest BCUT2D eigenvalue weighted by Gasteiger charge is -2.28. The summed E-state index contributed by atoms with van der Waals surface area (Å²) in [7, 11) is 0. The summed E-state index contributed by atoms with van der Waals surface area (Å²) in [6.45, 7) is 4.36. The number of nitrogens with zero attached hydrogens (tertiary/aromatic N) is 3. The molecule has 2 aromatic heterocycles. The van der Waals surface area contributed by atoms with E-state index in [1.165, 1.54) is 29.8 Å². The zero-order valence-electron chi connectivity index (χ0n) is 21.3. The molecule has 1 N–H and O–H groups in total. The van der Waals surface area contributed by atoms with E-state index in [2.05, 4.69) is 95.4 Å². The van der Waals surface area contributed by atoms with E-state index in [-0.39, 0.29) is 12.1 Å². The number of anilines is 1. The molecule has 0 spiro atoms. The number of para-hydroxylation sites is 1. The molecule has 188 valence electrons. The second kappa shape index (κ2) is 10.0. The maximum absolute atomic E-state index is 6.23. The first-order valence-electron chi connectivity index (χ1n) is 13.1. The molecule has 3 heterocycles. The van der Waals surface area contributed by atoms with Crippen molar-refractivity contribution < 1.29 is 4.74 Å². The van der Waals surface area contributed by atoms with Crippen molar-refractivity contribution in [3.05, 3.63) is 108 Å². The van der Waals surface area contributed by atoms with Gasteiger partial charge in [0.15, 0.2) is 5.11 Å². The molecule has 1 aliphatic heterocycles.